The normalized spacial score (nSPS) is 17.2. The van der Waals surface area contributed by atoms with Crippen molar-refractivity contribution >= 4 is 34.1 Å². The first-order valence-corrected chi connectivity index (χ1v) is 9.13. The summed E-state index contributed by atoms with van der Waals surface area (Å²) in [5, 5.41) is 10.1. The molecule has 0 atom stereocenters. The van der Waals surface area contributed by atoms with Gasteiger partial charge in [0.05, 0.1) is 12.2 Å². The van der Waals surface area contributed by atoms with Gasteiger partial charge in [-0.3, -0.25) is 14.5 Å². The number of nitrogens with one attached hydrogen (secondary N) is 2. The molecule has 0 spiro atoms. The predicted octanol–water partition coefficient (Wildman–Crippen LogP) is 1.78. The summed E-state index contributed by atoms with van der Waals surface area (Å²) >= 11 is 1.50. The average Bonchev–Trinajstić information content (AvgIpc) is 3.23. The molecule has 0 unspecified atom stereocenters. The number of carbonyl (C=O) groups is 2. The Morgan fingerprint density at radius 3 is 2.96 bits per heavy atom. The van der Waals surface area contributed by atoms with E-state index in [9.17, 15) is 9.59 Å². The Kier molecular flexibility index (Phi) is 4.26. The number of carbonyl (C=O) groups excluding carboxylic acids is 2. The highest BCUT2D eigenvalue weighted by Gasteiger charge is 2.31. The van der Waals surface area contributed by atoms with Gasteiger partial charge in [-0.25, -0.2) is 4.98 Å². The Morgan fingerprint density at radius 1 is 1.40 bits per heavy atom. The van der Waals surface area contributed by atoms with E-state index in [2.05, 4.69) is 25.7 Å². The second-order valence-electron chi connectivity index (χ2n) is 6.48. The fourth-order valence-corrected chi connectivity index (χ4v) is 3.85. The van der Waals surface area contributed by atoms with Crippen LogP contribution in [0.2, 0.25) is 0 Å². The van der Waals surface area contributed by atoms with Gasteiger partial charge in [-0.15, -0.1) is 11.3 Å². The van der Waals surface area contributed by atoms with E-state index in [1.165, 1.54) is 11.3 Å². The maximum atomic E-state index is 12.1. The van der Waals surface area contributed by atoms with Gasteiger partial charge >= 0.3 is 0 Å². The highest BCUT2D eigenvalue weighted by Crippen LogP contribution is 2.32. The molecule has 3 heterocycles. The van der Waals surface area contributed by atoms with Crippen LogP contribution in [-0.4, -0.2) is 39.9 Å². The molecule has 1 aliphatic carbocycles. The molecule has 8 nitrogen and oxygen atoms in total. The number of fused-ring (bicyclic) bond motifs is 1. The van der Waals surface area contributed by atoms with Gasteiger partial charge in [-0.1, -0.05) is 5.16 Å². The standard InChI is InChI=1S/C16H19N5O3S/c1-9-6-13(20-24-9)18-14(22)8-21-5-4-11-12(7-21)25-16(17-11)19-15(23)10-2-3-10/h6,10H,2-5,7-8H2,1H3,(H,17,19,23)(H,18,20,22). The number of thiazole rings is 1. The first kappa shape index (κ1) is 16.2. The maximum Gasteiger partial charge on any atom is 0.239 e. The van der Waals surface area contributed by atoms with E-state index in [4.69, 9.17) is 4.52 Å². The Morgan fingerprint density at radius 2 is 2.24 bits per heavy atom. The lowest BCUT2D eigenvalue weighted by molar-refractivity contribution is -0.118. The third-order valence-electron chi connectivity index (χ3n) is 4.25. The van der Waals surface area contributed by atoms with Gasteiger partial charge in [0.2, 0.25) is 11.8 Å². The molecule has 0 radical (unpaired) electrons. The van der Waals surface area contributed by atoms with Crippen molar-refractivity contribution in [3.8, 4) is 0 Å². The molecule has 2 N–H and O–H groups in total. The van der Waals surface area contributed by atoms with E-state index in [0.717, 1.165) is 36.4 Å². The van der Waals surface area contributed by atoms with Crippen LogP contribution in [0.5, 0.6) is 0 Å². The minimum absolute atomic E-state index is 0.0743. The zero-order valence-corrected chi connectivity index (χ0v) is 14.7. The van der Waals surface area contributed by atoms with Crippen molar-refractivity contribution in [3.05, 3.63) is 22.4 Å². The molecule has 0 aromatic carbocycles. The third kappa shape index (κ3) is 3.88. The number of hydrogen-bond acceptors (Lipinski definition) is 7. The van der Waals surface area contributed by atoms with Crippen molar-refractivity contribution in [2.45, 2.75) is 32.7 Å². The van der Waals surface area contributed by atoms with Crippen LogP contribution in [0.4, 0.5) is 10.9 Å². The second-order valence-corrected chi connectivity index (χ2v) is 7.57. The molecule has 1 fully saturated rings. The Bertz CT molecular complexity index is 811. The fraction of sp³-hybridized carbons (Fsp3) is 0.500. The lowest BCUT2D eigenvalue weighted by Crippen LogP contribution is -2.36. The Labute approximate surface area is 148 Å². The van der Waals surface area contributed by atoms with Crippen LogP contribution >= 0.6 is 11.3 Å². The average molecular weight is 361 g/mol. The number of nitrogens with zero attached hydrogens (tertiary/aromatic N) is 3. The van der Waals surface area contributed by atoms with Crippen molar-refractivity contribution in [2.75, 3.05) is 23.7 Å². The first-order valence-electron chi connectivity index (χ1n) is 8.32. The molecule has 132 valence electrons. The zero-order chi connectivity index (χ0) is 17.4. The topological polar surface area (TPSA) is 100 Å². The van der Waals surface area contributed by atoms with Crippen LogP contribution in [0.3, 0.4) is 0 Å². The van der Waals surface area contributed by atoms with Gasteiger partial charge < -0.3 is 15.2 Å². The molecular weight excluding hydrogens is 342 g/mol. The third-order valence-corrected chi connectivity index (χ3v) is 5.25. The highest BCUT2D eigenvalue weighted by atomic mass is 32.1. The summed E-state index contributed by atoms with van der Waals surface area (Å²) < 4.78 is 4.94. The number of aromatic nitrogens is 2. The summed E-state index contributed by atoms with van der Waals surface area (Å²) in [5.74, 6) is 1.21. The molecular formula is C16H19N5O3S. The van der Waals surface area contributed by atoms with E-state index in [1.54, 1.807) is 13.0 Å². The predicted molar refractivity (Wildman–Crippen MR) is 92.3 cm³/mol. The molecule has 9 heteroatoms. The lowest BCUT2D eigenvalue weighted by Gasteiger charge is -2.24. The van der Waals surface area contributed by atoms with Gasteiger partial charge in [-0.05, 0) is 19.8 Å². The van der Waals surface area contributed by atoms with E-state index >= 15 is 0 Å². The molecule has 0 bridgehead atoms. The Hall–Kier alpha value is -2.26. The molecule has 2 aromatic rings. The number of rotatable bonds is 5. The number of anilines is 2. The summed E-state index contributed by atoms with van der Waals surface area (Å²) in [6, 6.07) is 1.68. The second kappa shape index (κ2) is 6.57. The summed E-state index contributed by atoms with van der Waals surface area (Å²) in [6.07, 6.45) is 2.73. The monoisotopic (exact) mass is 361 g/mol. The number of hydrogen-bond donors (Lipinski definition) is 2. The Balaban J connectivity index is 1.33. The van der Waals surface area contributed by atoms with Crippen molar-refractivity contribution in [1.82, 2.24) is 15.0 Å². The largest absolute Gasteiger partial charge is 0.360 e. The van der Waals surface area contributed by atoms with Crippen molar-refractivity contribution in [3.63, 3.8) is 0 Å². The van der Waals surface area contributed by atoms with Crippen LogP contribution in [-0.2, 0) is 22.6 Å². The summed E-state index contributed by atoms with van der Waals surface area (Å²) in [5.41, 5.74) is 1.03. The van der Waals surface area contributed by atoms with Gasteiger partial charge in [-0.2, -0.15) is 0 Å². The summed E-state index contributed by atoms with van der Waals surface area (Å²) in [4.78, 5) is 31.7. The summed E-state index contributed by atoms with van der Waals surface area (Å²) in [7, 11) is 0. The minimum Gasteiger partial charge on any atom is -0.360 e. The quantitative estimate of drug-likeness (QED) is 0.842. The van der Waals surface area contributed by atoms with Crippen molar-refractivity contribution in [1.29, 1.82) is 0 Å². The van der Waals surface area contributed by atoms with Crippen molar-refractivity contribution in [2.24, 2.45) is 5.92 Å². The van der Waals surface area contributed by atoms with Crippen molar-refractivity contribution < 1.29 is 14.1 Å². The van der Waals surface area contributed by atoms with Gasteiger partial charge in [0.1, 0.15) is 5.76 Å². The molecule has 0 saturated heterocycles. The molecule has 1 saturated carbocycles. The van der Waals surface area contributed by atoms with Crippen LogP contribution < -0.4 is 10.6 Å². The SMILES string of the molecule is Cc1cc(NC(=O)CN2CCc3nc(NC(=O)C4CC4)sc3C2)no1. The van der Waals surface area contributed by atoms with E-state index in [1.807, 2.05) is 0 Å². The fourth-order valence-electron chi connectivity index (χ4n) is 2.80. The molecule has 25 heavy (non-hydrogen) atoms. The maximum absolute atomic E-state index is 12.1. The molecule has 1 aliphatic heterocycles. The molecule has 4 rings (SSSR count). The minimum atomic E-state index is -0.122. The van der Waals surface area contributed by atoms with Gasteiger partial charge in [0, 0.05) is 36.4 Å². The number of aryl methyl sites for hydroxylation is 1. The lowest BCUT2D eigenvalue weighted by atomic mass is 10.2. The molecule has 2 amide bonds. The van der Waals surface area contributed by atoms with E-state index < -0.39 is 0 Å². The molecule has 2 aromatic heterocycles. The van der Waals surface area contributed by atoms with Crippen LogP contribution in [0.1, 0.15) is 29.2 Å². The van der Waals surface area contributed by atoms with Crippen LogP contribution in [0.25, 0.3) is 0 Å². The van der Waals surface area contributed by atoms with Crippen LogP contribution in [0.15, 0.2) is 10.6 Å². The molecule has 2 aliphatic rings. The number of amides is 2. The smallest absolute Gasteiger partial charge is 0.239 e. The van der Waals surface area contributed by atoms with E-state index in [0.29, 0.717) is 23.3 Å². The zero-order valence-electron chi connectivity index (χ0n) is 13.9. The van der Waals surface area contributed by atoms with Gasteiger partial charge in [0.15, 0.2) is 10.9 Å². The summed E-state index contributed by atoms with van der Waals surface area (Å²) in [6.45, 7) is 3.49. The first-order chi connectivity index (χ1) is 12.1. The van der Waals surface area contributed by atoms with Gasteiger partial charge in [0.25, 0.3) is 0 Å². The van der Waals surface area contributed by atoms with Crippen LogP contribution in [0, 0.1) is 12.8 Å². The highest BCUT2D eigenvalue weighted by molar-refractivity contribution is 7.15. The van der Waals surface area contributed by atoms with E-state index in [-0.39, 0.29) is 24.3 Å².